The van der Waals surface area contributed by atoms with Crippen LogP contribution < -0.4 is 20.1 Å². The second kappa shape index (κ2) is 11.8. The Kier molecular flexibility index (Phi) is 8.36. The second-order valence-corrected chi connectivity index (χ2v) is 8.09. The molecule has 1 unspecified atom stereocenters. The SMILES string of the molecule is CCOCCn1nnnc1C(NCCC(=O)NC1CCCCC1)c1ncnc2c1OCCO2. The van der Waals surface area contributed by atoms with Gasteiger partial charge in [0.15, 0.2) is 5.82 Å². The second-order valence-electron chi connectivity index (χ2n) is 8.09. The van der Waals surface area contributed by atoms with Crippen LogP contribution in [0.15, 0.2) is 6.33 Å². The van der Waals surface area contributed by atoms with E-state index in [-0.39, 0.29) is 11.9 Å². The molecule has 2 N–H and O–H groups in total. The fourth-order valence-electron chi connectivity index (χ4n) is 4.16. The summed E-state index contributed by atoms with van der Waals surface area (Å²) in [6, 6.07) is -0.227. The van der Waals surface area contributed by atoms with Crippen molar-refractivity contribution < 1.29 is 19.0 Å². The predicted molar refractivity (Wildman–Crippen MR) is 117 cm³/mol. The summed E-state index contributed by atoms with van der Waals surface area (Å²) in [6.45, 7) is 4.76. The highest BCUT2D eigenvalue weighted by molar-refractivity contribution is 5.76. The van der Waals surface area contributed by atoms with Crippen molar-refractivity contribution in [2.45, 2.75) is 64.1 Å². The fourth-order valence-corrected chi connectivity index (χ4v) is 4.16. The molecule has 180 valence electrons. The predicted octanol–water partition coefficient (Wildman–Crippen LogP) is 0.789. The molecule has 1 aliphatic carbocycles. The summed E-state index contributed by atoms with van der Waals surface area (Å²) < 4.78 is 18.6. The largest absolute Gasteiger partial charge is 0.483 e. The van der Waals surface area contributed by atoms with Crippen molar-refractivity contribution in [3.63, 3.8) is 0 Å². The molecule has 12 heteroatoms. The molecule has 2 aromatic rings. The Hall–Kier alpha value is -2.86. The van der Waals surface area contributed by atoms with Gasteiger partial charge in [-0.1, -0.05) is 19.3 Å². The Labute approximate surface area is 192 Å². The van der Waals surface area contributed by atoms with Gasteiger partial charge in [-0.3, -0.25) is 4.79 Å². The first-order chi connectivity index (χ1) is 16.3. The quantitative estimate of drug-likeness (QED) is 0.463. The van der Waals surface area contributed by atoms with Crippen LogP contribution in [-0.2, 0) is 16.1 Å². The van der Waals surface area contributed by atoms with Gasteiger partial charge in [-0.2, -0.15) is 4.98 Å². The smallest absolute Gasteiger partial charge is 0.260 e. The third-order valence-corrected chi connectivity index (χ3v) is 5.78. The molecule has 4 rings (SSSR count). The maximum absolute atomic E-state index is 12.5. The summed E-state index contributed by atoms with van der Waals surface area (Å²) in [4.78, 5) is 21.1. The van der Waals surface area contributed by atoms with Gasteiger partial charge in [-0.05, 0) is 30.2 Å². The number of aromatic nitrogens is 6. The first kappa shape index (κ1) is 23.3. The fraction of sp³-hybridized carbons (Fsp3) is 0.714. The number of tetrazole rings is 1. The molecule has 12 nitrogen and oxygen atoms in total. The molecule has 1 fully saturated rings. The lowest BCUT2D eigenvalue weighted by Crippen LogP contribution is -2.38. The van der Waals surface area contributed by atoms with Crippen molar-refractivity contribution >= 4 is 5.91 Å². The van der Waals surface area contributed by atoms with E-state index in [2.05, 4.69) is 36.1 Å². The van der Waals surface area contributed by atoms with Crippen molar-refractivity contribution in [3.8, 4) is 11.6 Å². The molecule has 0 radical (unpaired) electrons. The monoisotopic (exact) mass is 460 g/mol. The summed E-state index contributed by atoms with van der Waals surface area (Å²) in [6.07, 6.45) is 7.48. The molecule has 2 aliphatic rings. The highest BCUT2D eigenvalue weighted by Crippen LogP contribution is 2.35. The zero-order valence-corrected chi connectivity index (χ0v) is 19.0. The highest BCUT2D eigenvalue weighted by Gasteiger charge is 2.30. The van der Waals surface area contributed by atoms with Crippen LogP contribution in [0.2, 0.25) is 0 Å². The highest BCUT2D eigenvalue weighted by atomic mass is 16.6. The number of carbonyl (C=O) groups is 1. The number of hydrogen-bond donors (Lipinski definition) is 2. The van der Waals surface area contributed by atoms with Crippen LogP contribution in [0.3, 0.4) is 0 Å². The first-order valence-electron chi connectivity index (χ1n) is 11.7. The number of carbonyl (C=O) groups excluding carboxylic acids is 1. The normalized spacial score (nSPS) is 17.0. The van der Waals surface area contributed by atoms with Gasteiger partial charge in [0.05, 0.1) is 13.2 Å². The number of ether oxygens (including phenoxy) is 3. The number of nitrogens with zero attached hydrogens (tertiary/aromatic N) is 6. The van der Waals surface area contributed by atoms with E-state index in [1.54, 1.807) is 4.68 Å². The number of fused-ring (bicyclic) bond motifs is 1. The molecule has 0 saturated heterocycles. The van der Waals surface area contributed by atoms with Gasteiger partial charge >= 0.3 is 0 Å². The summed E-state index contributed by atoms with van der Waals surface area (Å²) >= 11 is 0. The molecule has 1 aliphatic heterocycles. The van der Waals surface area contributed by atoms with E-state index in [4.69, 9.17) is 14.2 Å². The zero-order chi connectivity index (χ0) is 22.9. The minimum Gasteiger partial charge on any atom is -0.483 e. The van der Waals surface area contributed by atoms with Gasteiger partial charge in [0.1, 0.15) is 31.3 Å². The van der Waals surface area contributed by atoms with Crippen molar-refractivity contribution in [1.29, 1.82) is 0 Å². The Bertz CT molecular complexity index is 902. The van der Waals surface area contributed by atoms with Gasteiger partial charge in [0, 0.05) is 25.6 Å². The molecule has 3 heterocycles. The zero-order valence-electron chi connectivity index (χ0n) is 19.0. The molecule has 33 heavy (non-hydrogen) atoms. The third kappa shape index (κ3) is 6.14. The summed E-state index contributed by atoms with van der Waals surface area (Å²) in [7, 11) is 0. The van der Waals surface area contributed by atoms with E-state index in [9.17, 15) is 4.79 Å². The topological polar surface area (TPSA) is 138 Å². The van der Waals surface area contributed by atoms with Gasteiger partial charge in [-0.15, -0.1) is 5.10 Å². The molecular weight excluding hydrogens is 428 g/mol. The summed E-state index contributed by atoms with van der Waals surface area (Å²) in [5.74, 6) is 1.44. The van der Waals surface area contributed by atoms with Gasteiger partial charge < -0.3 is 24.8 Å². The van der Waals surface area contributed by atoms with Crippen LogP contribution in [0.1, 0.15) is 63.0 Å². The maximum atomic E-state index is 12.5. The molecule has 0 bridgehead atoms. The van der Waals surface area contributed by atoms with Crippen molar-refractivity contribution in [1.82, 2.24) is 40.8 Å². The maximum Gasteiger partial charge on any atom is 0.260 e. The van der Waals surface area contributed by atoms with E-state index < -0.39 is 6.04 Å². The molecule has 1 saturated carbocycles. The Morgan fingerprint density at radius 2 is 2.09 bits per heavy atom. The number of rotatable bonds is 11. The number of nitrogens with one attached hydrogen (secondary N) is 2. The van der Waals surface area contributed by atoms with Crippen LogP contribution in [0.5, 0.6) is 11.6 Å². The van der Waals surface area contributed by atoms with E-state index in [1.165, 1.54) is 25.6 Å². The van der Waals surface area contributed by atoms with Crippen LogP contribution in [0.25, 0.3) is 0 Å². The van der Waals surface area contributed by atoms with Gasteiger partial charge in [0.25, 0.3) is 5.88 Å². The third-order valence-electron chi connectivity index (χ3n) is 5.78. The lowest BCUT2D eigenvalue weighted by molar-refractivity contribution is -0.121. The lowest BCUT2D eigenvalue weighted by Gasteiger charge is -2.24. The summed E-state index contributed by atoms with van der Waals surface area (Å²) in [5, 5.41) is 18.7. The summed E-state index contributed by atoms with van der Waals surface area (Å²) in [5.41, 5.74) is 0.569. The van der Waals surface area contributed by atoms with Crippen LogP contribution in [-0.4, -0.2) is 75.1 Å². The van der Waals surface area contributed by atoms with Gasteiger partial charge in [-0.25, -0.2) is 9.67 Å². The molecule has 0 aromatic carbocycles. The Balaban J connectivity index is 1.48. The van der Waals surface area contributed by atoms with Crippen LogP contribution >= 0.6 is 0 Å². The average Bonchev–Trinajstić information content (AvgIpc) is 3.31. The van der Waals surface area contributed by atoms with E-state index >= 15 is 0 Å². The van der Waals surface area contributed by atoms with Crippen molar-refractivity contribution in [3.05, 3.63) is 17.8 Å². The molecule has 0 spiro atoms. The minimum absolute atomic E-state index is 0.0355. The average molecular weight is 461 g/mol. The Morgan fingerprint density at radius 3 is 2.94 bits per heavy atom. The standard InChI is InChI=1S/C21H32N8O4/c1-2-31-11-10-29-20(26-27-28-29)18(17-19-21(24-14-23-17)33-13-12-32-19)22-9-8-16(30)25-15-6-4-3-5-7-15/h14-15,18,22H,2-13H2,1H3,(H,25,30). The Morgan fingerprint density at radius 1 is 1.24 bits per heavy atom. The van der Waals surface area contributed by atoms with E-state index in [1.807, 2.05) is 6.92 Å². The molecule has 1 amide bonds. The van der Waals surface area contributed by atoms with Gasteiger partial charge in [0.2, 0.25) is 11.7 Å². The number of amides is 1. The first-order valence-corrected chi connectivity index (χ1v) is 11.7. The molecule has 2 aromatic heterocycles. The molecular formula is C21H32N8O4. The lowest BCUT2D eigenvalue weighted by atomic mass is 9.95. The van der Waals surface area contributed by atoms with Crippen LogP contribution in [0.4, 0.5) is 0 Å². The number of hydrogen-bond acceptors (Lipinski definition) is 10. The minimum atomic E-state index is -0.512. The van der Waals surface area contributed by atoms with Crippen molar-refractivity contribution in [2.24, 2.45) is 0 Å². The van der Waals surface area contributed by atoms with E-state index in [0.717, 1.165) is 12.8 Å². The van der Waals surface area contributed by atoms with Crippen molar-refractivity contribution in [2.75, 3.05) is 33.0 Å². The van der Waals surface area contributed by atoms with Crippen LogP contribution in [0, 0.1) is 0 Å². The molecule has 1 atom stereocenters. The van der Waals surface area contributed by atoms with E-state index in [0.29, 0.717) is 69.1 Å².